The molecule has 34 heavy (non-hydrogen) atoms. The molecule has 0 aliphatic heterocycles. The highest BCUT2D eigenvalue weighted by Crippen LogP contribution is 2.27. The lowest BCUT2D eigenvalue weighted by Crippen LogP contribution is -2.26. The van der Waals surface area contributed by atoms with Crippen molar-refractivity contribution in [2.75, 3.05) is 18.5 Å². The average Bonchev–Trinajstić information content (AvgIpc) is 3.67. The van der Waals surface area contributed by atoms with Crippen LogP contribution < -0.4 is 15.4 Å². The molecule has 1 aliphatic rings. The van der Waals surface area contributed by atoms with Gasteiger partial charge in [-0.25, -0.2) is 0 Å². The number of pyridine rings is 1. The highest BCUT2D eigenvalue weighted by Gasteiger charge is 2.22. The molecule has 7 nitrogen and oxygen atoms in total. The number of benzene rings is 2. The van der Waals surface area contributed by atoms with Crippen molar-refractivity contribution in [1.82, 2.24) is 10.3 Å². The van der Waals surface area contributed by atoms with E-state index in [9.17, 15) is 14.4 Å². The number of ketones is 1. The third kappa shape index (κ3) is 6.42. The van der Waals surface area contributed by atoms with E-state index in [1.54, 1.807) is 48.5 Å². The molecule has 2 N–H and O–H groups in total. The van der Waals surface area contributed by atoms with Crippen LogP contribution in [0.1, 0.15) is 39.3 Å². The van der Waals surface area contributed by atoms with Gasteiger partial charge in [-0.05, 0) is 73.4 Å². The first-order valence-electron chi connectivity index (χ1n) is 10.7. The van der Waals surface area contributed by atoms with Crippen LogP contribution in [0.4, 0.5) is 5.69 Å². The Morgan fingerprint density at radius 1 is 1.06 bits per heavy atom. The zero-order valence-corrected chi connectivity index (χ0v) is 20.4. The molecule has 0 spiro atoms. The number of hydrogen-bond donors (Lipinski definition) is 2. The molecule has 0 atom stereocenters. The number of halogens is 2. The van der Waals surface area contributed by atoms with Crippen LogP contribution in [0.15, 0.2) is 65.3 Å². The second-order valence-corrected chi connectivity index (χ2v) is 9.19. The lowest BCUT2D eigenvalue weighted by Gasteiger charge is -2.10. The lowest BCUT2D eigenvalue weighted by atomic mass is 10.0. The van der Waals surface area contributed by atoms with Gasteiger partial charge in [0.1, 0.15) is 11.4 Å². The van der Waals surface area contributed by atoms with Crippen LogP contribution in [0.5, 0.6) is 5.75 Å². The third-order valence-electron chi connectivity index (χ3n) is 5.18. The van der Waals surface area contributed by atoms with Crippen LogP contribution >= 0.6 is 27.5 Å². The molecule has 4 rings (SSSR count). The van der Waals surface area contributed by atoms with Crippen LogP contribution in [0, 0.1) is 5.92 Å². The van der Waals surface area contributed by atoms with E-state index in [2.05, 4.69) is 31.5 Å². The van der Waals surface area contributed by atoms with E-state index in [0.717, 1.165) is 12.8 Å². The molecule has 1 aliphatic carbocycles. The molecule has 9 heteroatoms. The average molecular weight is 543 g/mol. The first-order chi connectivity index (χ1) is 16.4. The van der Waals surface area contributed by atoms with Crippen molar-refractivity contribution in [2.45, 2.75) is 12.8 Å². The summed E-state index contributed by atoms with van der Waals surface area (Å²) in [6, 6.07) is 14.6. The first-order valence-corrected chi connectivity index (χ1v) is 11.8. The Balaban J connectivity index is 1.30. The number of hydrogen-bond acceptors (Lipinski definition) is 5. The molecule has 3 aromatic rings. The van der Waals surface area contributed by atoms with Gasteiger partial charge in [0.2, 0.25) is 0 Å². The molecule has 2 amide bonds. The molecule has 0 unspecified atom stereocenters. The fraction of sp³-hybridized carbons (Fsp3) is 0.200. The quantitative estimate of drug-likeness (QED) is 0.376. The van der Waals surface area contributed by atoms with Crippen LogP contribution in [-0.4, -0.2) is 35.7 Å². The Morgan fingerprint density at radius 2 is 1.82 bits per heavy atom. The van der Waals surface area contributed by atoms with Gasteiger partial charge in [-0.15, -0.1) is 0 Å². The first kappa shape index (κ1) is 23.9. The summed E-state index contributed by atoms with van der Waals surface area (Å²) in [6.07, 6.45) is 3.75. The topological polar surface area (TPSA) is 97.4 Å². The predicted octanol–water partition coefficient (Wildman–Crippen LogP) is 4.89. The van der Waals surface area contributed by atoms with E-state index in [1.807, 2.05) is 0 Å². The fourth-order valence-corrected chi connectivity index (χ4v) is 3.76. The second kappa shape index (κ2) is 10.8. The van der Waals surface area contributed by atoms with Crippen LogP contribution in [-0.2, 0) is 4.79 Å². The predicted molar refractivity (Wildman–Crippen MR) is 132 cm³/mol. The molecule has 1 aromatic heterocycles. The lowest BCUT2D eigenvalue weighted by molar-refractivity contribution is -0.118. The summed E-state index contributed by atoms with van der Waals surface area (Å²) in [7, 11) is 0. The van der Waals surface area contributed by atoms with Gasteiger partial charge in [-0.1, -0.05) is 27.5 Å². The highest BCUT2D eigenvalue weighted by atomic mass is 79.9. The maximum Gasteiger partial charge on any atom is 0.269 e. The summed E-state index contributed by atoms with van der Waals surface area (Å²) in [5.41, 5.74) is 1.61. The van der Waals surface area contributed by atoms with E-state index < -0.39 is 5.91 Å². The van der Waals surface area contributed by atoms with Gasteiger partial charge in [0.25, 0.3) is 11.8 Å². The van der Waals surface area contributed by atoms with Gasteiger partial charge < -0.3 is 15.4 Å². The Kier molecular flexibility index (Phi) is 7.59. The Bertz CT molecular complexity index is 1230. The molecular weight excluding hydrogens is 522 g/mol. The van der Waals surface area contributed by atoms with Crippen molar-refractivity contribution in [3.8, 4) is 5.75 Å². The van der Waals surface area contributed by atoms with E-state index in [4.69, 9.17) is 16.3 Å². The van der Waals surface area contributed by atoms with Gasteiger partial charge in [-0.3, -0.25) is 19.4 Å². The van der Waals surface area contributed by atoms with Crippen molar-refractivity contribution in [3.63, 3.8) is 0 Å². The summed E-state index contributed by atoms with van der Waals surface area (Å²) in [5, 5.41) is 6.01. The number of anilines is 1. The summed E-state index contributed by atoms with van der Waals surface area (Å²) in [4.78, 5) is 41.3. The Morgan fingerprint density at radius 3 is 2.56 bits per heavy atom. The maximum absolute atomic E-state index is 12.7. The van der Waals surface area contributed by atoms with Crippen molar-refractivity contribution >= 4 is 50.8 Å². The molecule has 174 valence electrons. The van der Waals surface area contributed by atoms with Crippen LogP contribution in [0.25, 0.3) is 0 Å². The van der Waals surface area contributed by atoms with Gasteiger partial charge in [0.15, 0.2) is 12.4 Å². The molecular formula is C25H21BrClN3O4. The largest absolute Gasteiger partial charge is 0.484 e. The monoisotopic (exact) mass is 541 g/mol. The van der Waals surface area contributed by atoms with Gasteiger partial charge in [-0.2, -0.15) is 0 Å². The zero-order valence-electron chi connectivity index (χ0n) is 18.0. The van der Waals surface area contributed by atoms with E-state index >= 15 is 0 Å². The number of carbonyl (C=O) groups excluding carboxylic acids is 3. The number of nitrogens with one attached hydrogen (secondary N) is 2. The highest BCUT2D eigenvalue weighted by molar-refractivity contribution is 9.10. The third-order valence-corrected chi connectivity index (χ3v) is 6.11. The molecule has 0 radical (unpaired) electrons. The minimum absolute atomic E-state index is 0.187. The summed E-state index contributed by atoms with van der Waals surface area (Å²) in [6.45, 7) is 0.407. The standard InChI is InChI=1S/C25H21BrClN3O4/c26-21-8-5-17(27)11-20(21)24(32)16-3-6-19(7-4-16)34-14-23(31)30-18-9-10-28-22(12-18)25(33)29-13-15-1-2-15/h3-12,15H,1-2,13-14H2,(H,29,33)(H,28,30,31). The zero-order chi connectivity index (χ0) is 24.1. The number of nitrogens with zero attached hydrogens (tertiary/aromatic N) is 1. The SMILES string of the molecule is O=C(COc1ccc(C(=O)c2cc(Cl)ccc2Br)cc1)Nc1ccnc(C(=O)NCC2CC2)c1. The number of ether oxygens (including phenoxy) is 1. The van der Waals surface area contributed by atoms with E-state index in [-0.39, 0.29) is 24.0 Å². The number of carbonyl (C=O) groups is 3. The minimum Gasteiger partial charge on any atom is -0.484 e. The normalized spacial score (nSPS) is 12.6. The van der Waals surface area contributed by atoms with Gasteiger partial charge >= 0.3 is 0 Å². The summed E-state index contributed by atoms with van der Waals surface area (Å²) in [5.74, 6) is 0.159. The smallest absolute Gasteiger partial charge is 0.269 e. The molecule has 2 aromatic carbocycles. The van der Waals surface area contributed by atoms with Crippen molar-refractivity contribution in [1.29, 1.82) is 0 Å². The van der Waals surface area contributed by atoms with E-state index in [0.29, 0.717) is 44.5 Å². The van der Waals surface area contributed by atoms with Crippen LogP contribution in [0.2, 0.25) is 5.02 Å². The summed E-state index contributed by atoms with van der Waals surface area (Å²) >= 11 is 9.36. The number of amides is 2. The van der Waals surface area contributed by atoms with Crippen molar-refractivity contribution in [3.05, 3.63) is 87.1 Å². The van der Waals surface area contributed by atoms with Crippen molar-refractivity contribution in [2.24, 2.45) is 5.92 Å². The maximum atomic E-state index is 12.7. The van der Waals surface area contributed by atoms with E-state index in [1.165, 1.54) is 12.3 Å². The molecule has 1 saturated carbocycles. The molecule has 1 heterocycles. The molecule has 0 saturated heterocycles. The number of aromatic nitrogens is 1. The summed E-state index contributed by atoms with van der Waals surface area (Å²) < 4.78 is 6.18. The molecule has 0 bridgehead atoms. The van der Waals surface area contributed by atoms with Crippen LogP contribution in [0.3, 0.4) is 0 Å². The Labute approximate surface area is 210 Å². The second-order valence-electron chi connectivity index (χ2n) is 7.90. The Hall–Kier alpha value is -3.23. The minimum atomic E-state index is -0.390. The molecule has 1 fully saturated rings. The van der Waals surface area contributed by atoms with Gasteiger partial charge in [0, 0.05) is 39.1 Å². The number of rotatable bonds is 9. The van der Waals surface area contributed by atoms with Gasteiger partial charge in [0.05, 0.1) is 0 Å². The van der Waals surface area contributed by atoms with Crippen molar-refractivity contribution < 1.29 is 19.1 Å². The fourth-order valence-electron chi connectivity index (χ4n) is 3.16.